The van der Waals surface area contributed by atoms with Gasteiger partial charge in [0.1, 0.15) is 0 Å². The van der Waals surface area contributed by atoms with Gasteiger partial charge in [-0.2, -0.15) is 0 Å². The predicted octanol–water partition coefficient (Wildman–Crippen LogP) is 1.91. The summed E-state index contributed by atoms with van der Waals surface area (Å²) in [5, 5.41) is 3.43. The highest BCUT2D eigenvalue weighted by Gasteiger charge is 2.45. The minimum atomic E-state index is -3.39. The van der Waals surface area contributed by atoms with Crippen LogP contribution in [0.4, 0.5) is 5.69 Å². The molecule has 6 heteroatoms. The Bertz CT molecular complexity index is 581. The van der Waals surface area contributed by atoms with Gasteiger partial charge in [0.05, 0.1) is 4.90 Å². The zero-order chi connectivity index (χ0) is 15.7. The van der Waals surface area contributed by atoms with E-state index in [0.717, 1.165) is 18.5 Å². The number of rotatable bonds is 6. The molecule has 1 aromatic rings. The van der Waals surface area contributed by atoms with Crippen molar-refractivity contribution in [1.29, 1.82) is 0 Å². The van der Waals surface area contributed by atoms with E-state index < -0.39 is 10.0 Å². The maximum absolute atomic E-state index is 12.0. The molecule has 1 aliphatic rings. The summed E-state index contributed by atoms with van der Waals surface area (Å²) in [6.07, 6.45) is 1.71. The van der Waals surface area contributed by atoms with E-state index in [4.69, 9.17) is 5.73 Å². The van der Waals surface area contributed by atoms with Crippen molar-refractivity contribution in [1.82, 2.24) is 4.72 Å². The maximum Gasteiger partial charge on any atom is 0.240 e. The van der Waals surface area contributed by atoms with Gasteiger partial charge in [-0.05, 0) is 37.1 Å². The summed E-state index contributed by atoms with van der Waals surface area (Å²) in [6, 6.07) is 7.42. The van der Waals surface area contributed by atoms with E-state index >= 15 is 0 Å². The molecule has 0 heterocycles. The summed E-state index contributed by atoms with van der Waals surface area (Å²) in [6.45, 7) is 6.68. The van der Waals surface area contributed by atoms with Crippen molar-refractivity contribution in [2.24, 2.45) is 11.1 Å². The highest BCUT2D eigenvalue weighted by Crippen LogP contribution is 2.40. The summed E-state index contributed by atoms with van der Waals surface area (Å²) >= 11 is 0. The largest absolute Gasteiger partial charge is 0.382 e. The van der Waals surface area contributed by atoms with E-state index in [0.29, 0.717) is 17.5 Å². The van der Waals surface area contributed by atoms with Crippen molar-refractivity contribution in [3.63, 3.8) is 0 Å². The molecule has 2 unspecified atom stereocenters. The van der Waals surface area contributed by atoms with Crippen LogP contribution < -0.4 is 15.8 Å². The third-order valence-electron chi connectivity index (χ3n) is 4.39. The van der Waals surface area contributed by atoms with Crippen LogP contribution in [0.15, 0.2) is 29.2 Å². The Morgan fingerprint density at radius 2 is 1.90 bits per heavy atom. The number of hydrogen-bond donors (Lipinski definition) is 3. The molecule has 2 atom stereocenters. The van der Waals surface area contributed by atoms with Crippen molar-refractivity contribution in [3.8, 4) is 0 Å². The predicted molar refractivity (Wildman–Crippen MR) is 85.7 cm³/mol. The van der Waals surface area contributed by atoms with Gasteiger partial charge in [0, 0.05) is 29.7 Å². The Morgan fingerprint density at radius 3 is 2.38 bits per heavy atom. The highest BCUT2D eigenvalue weighted by molar-refractivity contribution is 7.89. The van der Waals surface area contributed by atoms with Gasteiger partial charge in [-0.25, -0.2) is 13.1 Å². The first-order chi connectivity index (χ1) is 9.77. The third-order valence-corrected chi connectivity index (χ3v) is 5.87. The molecule has 1 aliphatic carbocycles. The van der Waals surface area contributed by atoms with Crippen LogP contribution in [0.2, 0.25) is 0 Å². The van der Waals surface area contributed by atoms with Crippen LogP contribution >= 0.6 is 0 Å². The smallest absolute Gasteiger partial charge is 0.240 e. The topological polar surface area (TPSA) is 84.2 Å². The fraction of sp³-hybridized carbons (Fsp3) is 0.600. The average Bonchev–Trinajstić information content (AvgIpc) is 2.45. The summed E-state index contributed by atoms with van der Waals surface area (Å²) in [4.78, 5) is 0.297. The van der Waals surface area contributed by atoms with Crippen molar-refractivity contribution in [2.75, 3.05) is 11.9 Å². The molecule has 21 heavy (non-hydrogen) atoms. The lowest BCUT2D eigenvalue weighted by atomic mass is 9.63. The van der Waals surface area contributed by atoms with Crippen LogP contribution in [-0.2, 0) is 10.0 Å². The van der Waals surface area contributed by atoms with Gasteiger partial charge in [0.2, 0.25) is 10.0 Å². The summed E-state index contributed by atoms with van der Waals surface area (Å²) in [7, 11) is -3.39. The molecular weight excluding hydrogens is 286 g/mol. The van der Waals surface area contributed by atoms with E-state index in [-0.39, 0.29) is 11.5 Å². The monoisotopic (exact) mass is 311 g/mol. The van der Waals surface area contributed by atoms with Gasteiger partial charge in [-0.1, -0.05) is 20.8 Å². The normalized spacial score (nSPS) is 24.4. The number of hydrogen-bond acceptors (Lipinski definition) is 4. The van der Waals surface area contributed by atoms with Crippen LogP contribution in [0.25, 0.3) is 0 Å². The van der Waals surface area contributed by atoms with Crippen LogP contribution in [0.5, 0.6) is 0 Å². The number of anilines is 1. The van der Waals surface area contributed by atoms with Gasteiger partial charge in [0.15, 0.2) is 0 Å². The summed E-state index contributed by atoms with van der Waals surface area (Å²) in [5.41, 5.74) is 6.99. The van der Waals surface area contributed by atoms with E-state index in [1.807, 2.05) is 6.92 Å². The molecule has 0 aliphatic heterocycles. The second-order valence-corrected chi connectivity index (χ2v) is 8.05. The second-order valence-electron chi connectivity index (χ2n) is 6.28. The fourth-order valence-corrected chi connectivity index (χ4v) is 3.59. The summed E-state index contributed by atoms with van der Waals surface area (Å²) < 4.78 is 26.5. The Balaban J connectivity index is 2.03. The van der Waals surface area contributed by atoms with Gasteiger partial charge in [0.25, 0.3) is 0 Å². The van der Waals surface area contributed by atoms with Crippen molar-refractivity contribution in [3.05, 3.63) is 24.3 Å². The molecular formula is C15H25N3O2S. The minimum absolute atomic E-state index is 0.0629. The third kappa shape index (κ3) is 3.39. The van der Waals surface area contributed by atoms with Gasteiger partial charge < -0.3 is 11.1 Å². The first-order valence-corrected chi connectivity index (χ1v) is 8.87. The quantitative estimate of drug-likeness (QED) is 0.749. The maximum atomic E-state index is 12.0. The number of nitrogens with two attached hydrogens (primary N) is 1. The van der Waals surface area contributed by atoms with Crippen LogP contribution in [0.3, 0.4) is 0 Å². The van der Waals surface area contributed by atoms with E-state index in [9.17, 15) is 8.42 Å². The fourth-order valence-electron chi connectivity index (χ4n) is 2.46. The Morgan fingerprint density at radius 1 is 1.29 bits per heavy atom. The van der Waals surface area contributed by atoms with Crippen LogP contribution in [0, 0.1) is 5.41 Å². The number of benzene rings is 1. The molecule has 0 bridgehead atoms. The van der Waals surface area contributed by atoms with E-state index in [1.54, 1.807) is 24.3 Å². The summed E-state index contributed by atoms with van der Waals surface area (Å²) in [5.74, 6) is 0. The molecule has 1 aromatic carbocycles. The molecule has 4 N–H and O–H groups in total. The molecule has 0 spiro atoms. The Kier molecular flexibility index (Phi) is 4.60. The number of sulfonamides is 1. The lowest BCUT2D eigenvalue weighted by molar-refractivity contribution is 0.117. The molecule has 0 saturated heterocycles. The van der Waals surface area contributed by atoms with Gasteiger partial charge >= 0.3 is 0 Å². The second kappa shape index (κ2) is 5.94. The Hall–Kier alpha value is -1.11. The number of nitrogens with one attached hydrogen (secondary N) is 2. The molecule has 1 fully saturated rings. The van der Waals surface area contributed by atoms with E-state index in [1.165, 1.54) is 0 Å². The van der Waals surface area contributed by atoms with Crippen molar-refractivity contribution < 1.29 is 8.42 Å². The van der Waals surface area contributed by atoms with Crippen LogP contribution in [-0.4, -0.2) is 27.0 Å². The lowest BCUT2D eigenvalue weighted by Crippen LogP contribution is -2.61. The lowest BCUT2D eigenvalue weighted by Gasteiger charge is -2.51. The molecule has 0 radical (unpaired) electrons. The van der Waals surface area contributed by atoms with Crippen LogP contribution in [0.1, 0.15) is 33.6 Å². The van der Waals surface area contributed by atoms with Crippen molar-refractivity contribution >= 4 is 15.7 Å². The molecule has 0 amide bonds. The molecule has 118 valence electrons. The molecule has 5 nitrogen and oxygen atoms in total. The molecule has 0 aromatic heterocycles. The van der Waals surface area contributed by atoms with Gasteiger partial charge in [-0.15, -0.1) is 0 Å². The molecule has 2 rings (SSSR count). The standard InChI is InChI=1S/C15H25N3O2S/c1-4-9-17-21(19,20)12-7-5-11(6-8-12)18-14-10-13(16)15(14,2)3/h5-8,13-14,17-18H,4,9-10,16H2,1-3H3. The highest BCUT2D eigenvalue weighted by atomic mass is 32.2. The zero-order valence-electron chi connectivity index (χ0n) is 12.9. The average molecular weight is 311 g/mol. The van der Waals surface area contributed by atoms with E-state index in [2.05, 4.69) is 23.9 Å². The minimum Gasteiger partial charge on any atom is -0.382 e. The molecule has 1 saturated carbocycles. The zero-order valence-corrected chi connectivity index (χ0v) is 13.7. The SMILES string of the molecule is CCCNS(=O)(=O)c1ccc(NC2CC(N)C2(C)C)cc1. The van der Waals surface area contributed by atoms with Crippen molar-refractivity contribution in [2.45, 2.75) is 50.6 Å². The first-order valence-electron chi connectivity index (χ1n) is 7.39. The first kappa shape index (κ1) is 16.3. The van der Waals surface area contributed by atoms with Gasteiger partial charge in [-0.3, -0.25) is 0 Å². The Labute approximate surface area is 127 Å².